The van der Waals surface area contributed by atoms with Gasteiger partial charge in [-0.3, -0.25) is 20.1 Å². The van der Waals surface area contributed by atoms with E-state index in [2.05, 4.69) is 22.4 Å². The van der Waals surface area contributed by atoms with Crippen molar-refractivity contribution >= 4 is 11.9 Å². The van der Waals surface area contributed by atoms with Gasteiger partial charge < -0.3 is 11.1 Å². The molecule has 0 aliphatic heterocycles. The van der Waals surface area contributed by atoms with Crippen molar-refractivity contribution < 1.29 is 4.79 Å². The summed E-state index contributed by atoms with van der Waals surface area (Å²) >= 11 is 0. The summed E-state index contributed by atoms with van der Waals surface area (Å²) in [4.78, 5) is 19.0. The first-order valence-corrected chi connectivity index (χ1v) is 12.7. The standard InChI is InChI=1S/C26H41N5O/c1-31(25(27)28)24(32)26(17-22(26)14-19-6-3-2-4-7-19)16-21-8-5-9-23(15-21)30-18-20-10-12-29-13-11-20/h10-13,19,21-23,30H,2-9,14-18H2,1H3,(H3,27,28)/t21?,22?,23-,26+/m1/s1. The minimum absolute atomic E-state index is 0.0951. The summed E-state index contributed by atoms with van der Waals surface area (Å²) in [6.07, 6.45) is 18.3. The molecule has 176 valence electrons. The van der Waals surface area contributed by atoms with E-state index in [0.29, 0.717) is 17.9 Å². The molecule has 6 nitrogen and oxygen atoms in total. The topological polar surface area (TPSA) is 95.1 Å². The highest BCUT2D eigenvalue weighted by Gasteiger charge is 2.61. The normalized spacial score (nSPS) is 30.6. The van der Waals surface area contributed by atoms with E-state index in [1.807, 2.05) is 12.4 Å². The number of carbonyl (C=O) groups excluding carboxylic acids is 1. The Hall–Kier alpha value is -1.95. The van der Waals surface area contributed by atoms with Gasteiger partial charge in [-0.1, -0.05) is 44.9 Å². The quantitative estimate of drug-likeness (QED) is 0.412. The van der Waals surface area contributed by atoms with Gasteiger partial charge in [-0.15, -0.1) is 0 Å². The minimum atomic E-state index is -0.282. The number of hydrogen-bond donors (Lipinski definition) is 3. The van der Waals surface area contributed by atoms with E-state index < -0.39 is 0 Å². The van der Waals surface area contributed by atoms with Gasteiger partial charge in [-0.05, 0) is 67.6 Å². The molecule has 1 aromatic rings. The number of nitrogens with one attached hydrogen (secondary N) is 2. The average Bonchev–Trinajstić information content (AvgIpc) is 3.50. The van der Waals surface area contributed by atoms with Crippen LogP contribution in [0.4, 0.5) is 0 Å². The van der Waals surface area contributed by atoms with E-state index >= 15 is 0 Å². The van der Waals surface area contributed by atoms with Crippen LogP contribution in [0.3, 0.4) is 0 Å². The number of nitrogens with zero attached hydrogens (tertiary/aromatic N) is 2. The maximum absolute atomic E-state index is 13.5. The molecule has 3 saturated carbocycles. The molecule has 4 rings (SSSR count). The van der Waals surface area contributed by atoms with Crippen LogP contribution in [0.15, 0.2) is 24.5 Å². The molecule has 3 fully saturated rings. The lowest BCUT2D eigenvalue weighted by Crippen LogP contribution is -2.44. The molecule has 32 heavy (non-hydrogen) atoms. The fourth-order valence-electron chi connectivity index (χ4n) is 6.50. The lowest BCUT2D eigenvalue weighted by Gasteiger charge is -2.34. The van der Waals surface area contributed by atoms with Crippen LogP contribution in [-0.4, -0.2) is 34.8 Å². The molecule has 0 saturated heterocycles. The molecule has 0 aromatic carbocycles. The Bertz CT molecular complexity index is 778. The van der Waals surface area contributed by atoms with Gasteiger partial charge in [0.1, 0.15) is 0 Å². The van der Waals surface area contributed by atoms with Crippen LogP contribution in [0.5, 0.6) is 0 Å². The van der Waals surface area contributed by atoms with Gasteiger partial charge in [0.2, 0.25) is 5.91 Å². The van der Waals surface area contributed by atoms with Crippen LogP contribution >= 0.6 is 0 Å². The third kappa shape index (κ3) is 5.51. The van der Waals surface area contributed by atoms with Gasteiger partial charge in [-0.25, -0.2) is 0 Å². The second-order valence-electron chi connectivity index (χ2n) is 10.7. The summed E-state index contributed by atoms with van der Waals surface area (Å²) in [5.74, 6) is 1.80. The molecule has 3 aliphatic carbocycles. The van der Waals surface area contributed by atoms with E-state index in [-0.39, 0.29) is 17.3 Å². The SMILES string of the molecule is CN(C(=N)N)C(=O)[C@@]1(CC2CCC[C@@H](NCc3ccncc3)C2)CC1CC1CCCCC1. The Kier molecular flexibility index (Phi) is 7.49. The first-order valence-electron chi connectivity index (χ1n) is 12.7. The molecular weight excluding hydrogens is 398 g/mol. The zero-order chi connectivity index (χ0) is 22.6. The first-order chi connectivity index (χ1) is 15.5. The Morgan fingerprint density at radius 2 is 1.88 bits per heavy atom. The molecule has 4 atom stereocenters. The highest BCUT2D eigenvalue weighted by molar-refractivity contribution is 5.99. The predicted molar refractivity (Wildman–Crippen MR) is 128 cm³/mol. The van der Waals surface area contributed by atoms with Crippen LogP contribution in [-0.2, 0) is 11.3 Å². The molecule has 2 unspecified atom stereocenters. The zero-order valence-electron chi connectivity index (χ0n) is 19.7. The van der Waals surface area contributed by atoms with Crippen molar-refractivity contribution in [1.82, 2.24) is 15.2 Å². The van der Waals surface area contributed by atoms with E-state index in [1.165, 1.54) is 68.3 Å². The van der Waals surface area contributed by atoms with Crippen molar-refractivity contribution in [3.63, 3.8) is 0 Å². The average molecular weight is 440 g/mol. The number of amides is 1. The maximum Gasteiger partial charge on any atom is 0.235 e. The number of nitrogens with two attached hydrogens (primary N) is 1. The van der Waals surface area contributed by atoms with Gasteiger partial charge in [0.25, 0.3) is 0 Å². The highest BCUT2D eigenvalue weighted by atomic mass is 16.2. The Morgan fingerprint density at radius 3 is 2.59 bits per heavy atom. The predicted octanol–water partition coefficient (Wildman–Crippen LogP) is 4.45. The Morgan fingerprint density at radius 1 is 1.16 bits per heavy atom. The Labute approximate surface area is 193 Å². The molecule has 6 heteroatoms. The van der Waals surface area contributed by atoms with E-state index in [0.717, 1.165) is 31.7 Å². The van der Waals surface area contributed by atoms with Crippen molar-refractivity contribution in [2.75, 3.05) is 7.05 Å². The number of guanidine groups is 1. The number of hydrogen-bond acceptors (Lipinski definition) is 4. The number of pyridine rings is 1. The van der Waals surface area contributed by atoms with Gasteiger partial charge >= 0.3 is 0 Å². The fourth-order valence-corrected chi connectivity index (χ4v) is 6.50. The molecular formula is C26H41N5O. The lowest BCUT2D eigenvalue weighted by atomic mass is 9.76. The van der Waals surface area contributed by atoms with Crippen LogP contribution in [0.25, 0.3) is 0 Å². The zero-order valence-corrected chi connectivity index (χ0v) is 19.7. The summed E-state index contributed by atoms with van der Waals surface area (Å²) in [6, 6.07) is 4.65. The summed E-state index contributed by atoms with van der Waals surface area (Å²) < 4.78 is 0. The van der Waals surface area contributed by atoms with E-state index in [9.17, 15) is 4.79 Å². The Balaban J connectivity index is 1.38. The molecule has 1 heterocycles. The summed E-state index contributed by atoms with van der Waals surface area (Å²) in [5.41, 5.74) is 6.70. The van der Waals surface area contributed by atoms with Crippen LogP contribution in [0, 0.1) is 28.6 Å². The third-order valence-corrected chi connectivity index (χ3v) is 8.45. The largest absolute Gasteiger partial charge is 0.370 e. The summed E-state index contributed by atoms with van der Waals surface area (Å²) in [5, 5.41) is 11.6. The van der Waals surface area contributed by atoms with Gasteiger partial charge in [-0.2, -0.15) is 0 Å². The lowest BCUT2D eigenvalue weighted by molar-refractivity contribution is -0.133. The number of rotatable bonds is 8. The monoisotopic (exact) mass is 439 g/mol. The molecule has 0 bridgehead atoms. The van der Waals surface area contributed by atoms with Crippen LogP contribution in [0.1, 0.15) is 82.6 Å². The van der Waals surface area contributed by atoms with Crippen molar-refractivity contribution in [2.45, 2.75) is 89.6 Å². The van der Waals surface area contributed by atoms with Gasteiger partial charge in [0.15, 0.2) is 5.96 Å². The van der Waals surface area contributed by atoms with Crippen molar-refractivity contribution in [2.24, 2.45) is 28.9 Å². The van der Waals surface area contributed by atoms with E-state index in [1.54, 1.807) is 7.05 Å². The smallest absolute Gasteiger partial charge is 0.235 e. The fraction of sp³-hybridized carbons (Fsp3) is 0.731. The maximum atomic E-state index is 13.5. The molecule has 0 radical (unpaired) electrons. The van der Waals surface area contributed by atoms with Crippen molar-refractivity contribution in [1.29, 1.82) is 5.41 Å². The highest BCUT2D eigenvalue weighted by Crippen LogP contribution is 2.62. The molecule has 0 spiro atoms. The van der Waals surface area contributed by atoms with Gasteiger partial charge in [0, 0.05) is 32.0 Å². The first kappa shape index (κ1) is 23.2. The summed E-state index contributed by atoms with van der Waals surface area (Å²) in [7, 11) is 1.68. The molecule has 1 amide bonds. The number of aromatic nitrogens is 1. The third-order valence-electron chi connectivity index (χ3n) is 8.45. The molecule has 4 N–H and O–H groups in total. The molecule has 3 aliphatic rings. The van der Waals surface area contributed by atoms with Gasteiger partial charge in [0.05, 0.1) is 5.41 Å². The molecule has 1 aromatic heterocycles. The summed E-state index contributed by atoms with van der Waals surface area (Å²) in [6.45, 7) is 0.876. The van der Waals surface area contributed by atoms with Crippen molar-refractivity contribution in [3.8, 4) is 0 Å². The van der Waals surface area contributed by atoms with E-state index in [4.69, 9.17) is 11.1 Å². The van der Waals surface area contributed by atoms with Crippen LogP contribution in [0.2, 0.25) is 0 Å². The second-order valence-corrected chi connectivity index (χ2v) is 10.7. The number of carbonyl (C=O) groups is 1. The minimum Gasteiger partial charge on any atom is -0.370 e. The second kappa shape index (κ2) is 10.3. The van der Waals surface area contributed by atoms with Crippen LogP contribution < -0.4 is 11.1 Å². The van der Waals surface area contributed by atoms with Crippen molar-refractivity contribution in [3.05, 3.63) is 30.1 Å².